The van der Waals surface area contributed by atoms with Crippen molar-refractivity contribution in [1.82, 2.24) is 0 Å². The SMILES string of the molecule is CCCCC(CC)C(=O)[O][Sn]([CH2]CCC)([CH2]CCC)[Sn]([CH2]CCC)([CH2]CCC)[O]C(=O)C(CC)CCCC. The number of hydrogen-bond acceptors (Lipinski definition) is 4. The molecule has 0 rings (SSSR count). The molecular formula is C32H66O4Sn2. The van der Waals surface area contributed by atoms with Gasteiger partial charge in [-0.25, -0.2) is 0 Å². The Morgan fingerprint density at radius 3 is 0.947 bits per heavy atom. The van der Waals surface area contributed by atoms with Crippen LogP contribution in [0.3, 0.4) is 0 Å². The van der Waals surface area contributed by atoms with Crippen LogP contribution >= 0.6 is 0 Å². The van der Waals surface area contributed by atoms with Crippen molar-refractivity contribution in [3.05, 3.63) is 0 Å². The molecule has 0 saturated carbocycles. The van der Waals surface area contributed by atoms with E-state index in [9.17, 15) is 9.59 Å². The Balaban J connectivity index is 6.85. The molecule has 0 aliphatic heterocycles. The predicted molar refractivity (Wildman–Crippen MR) is 169 cm³/mol. The van der Waals surface area contributed by atoms with Gasteiger partial charge in [-0.15, -0.1) is 0 Å². The molecule has 0 fully saturated rings. The van der Waals surface area contributed by atoms with Gasteiger partial charge >= 0.3 is 245 Å². The van der Waals surface area contributed by atoms with Gasteiger partial charge in [0.2, 0.25) is 0 Å². The summed E-state index contributed by atoms with van der Waals surface area (Å²) < 4.78 is 18.6. The zero-order valence-electron chi connectivity index (χ0n) is 26.9. The van der Waals surface area contributed by atoms with E-state index < -0.39 is 29.7 Å². The average Bonchev–Trinajstić information content (AvgIpc) is 2.92. The average molecular weight is 752 g/mol. The van der Waals surface area contributed by atoms with Crippen LogP contribution in [-0.2, 0) is 15.7 Å². The van der Waals surface area contributed by atoms with Gasteiger partial charge in [0.25, 0.3) is 0 Å². The van der Waals surface area contributed by atoms with E-state index in [1.165, 1.54) is 0 Å². The van der Waals surface area contributed by atoms with E-state index in [0.717, 1.165) is 120 Å². The molecule has 0 radical (unpaired) electrons. The minimum atomic E-state index is -3.66. The summed E-state index contributed by atoms with van der Waals surface area (Å²) >= 11 is -7.32. The van der Waals surface area contributed by atoms with Gasteiger partial charge in [-0.05, 0) is 0 Å². The number of carbonyl (C=O) groups is 2. The van der Waals surface area contributed by atoms with E-state index in [4.69, 9.17) is 6.15 Å². The molecule has 0 aliphatic carbocycles. The van der Waals surface area contributed by atoms with Crippen molar-refractivity contribution in [1.29, 1.82) is 0 Å². The molecule has 0 saturated heterocycles. The molecule has 0 aliphatic rings. The molecule has 2 atom stereocenters. The van der Waals surface area contributed by atoms with Gasteiger partial charge in [-0.2, -0.15) is 0 Å². The van der Waals surface area contributed by atoms with Crippen molar-refractivity contribution in [2.45, 2.75) is 176 Å². The predicted octanol–water partition coefficient (Wildman–Crippen LogP) is 10.7. The van der Waals surface area contributed by atoms with Crippen LogP contribution in [0.1, 0.15) is 158 Å². The molecule has 0 amide bonds. The summed E-state index contributed by atoms with van der Waals surface area (Å²) in [7, 11) is 0. The molecule has 38 heavy (non-hydrogen) atoms. The second kappa shape index (κ2) is 23.1. The summed E-state index contributed by atoms with van der Waals surface area (Å²) in [6, 6.07) is 0. The quantitative estimate of drug-likeness (QED) is 0.0872. The van der Waals surface area contributed by atoms with E-state index in [2.05, 4.69) is 55.4 Å². The Bertz CT molecular complexity index is 542. The Kier molecular flexibility index (Phi) is 23.5. The number of carbonyl (C=O) groups excluding carboxylic acids is 2. The second-order valence-electron chi connectivity index (χ2n) is 11.7. The van der Waals surface area contributed by atoms with Crippen molar-refractivity contribution in [2.24, 2.45) is 11.8 Å². The first-order chi connectivity index (χ1) is 18.3. The zero-order valence-corrected chi connectivity index (χ0v) is 32.6. The fourth-order valence-electron chi connectivity index (χ4n) is 5.83. The van der Waals surface area contributed by atoms with Gasteiger partial charge < -0.3 is 0 Å². The van der Waals surface area contributed by atoms with E-state index >= 15 is 0 Å². The van der Waals surface area contributed by atoms with Crippen LogP contribution in [0.2, 0.25) is 17.7 Å². The van der Waals surface area contributed by atoms with Gasteiger partial charge in [-0.1, -0.05) is 0 Å². The summed E-state index contributed by atoms with van der Waals surface area (Å²) in [4.78, 5) is 27.9. The maximum absolute atomic E-state index is 14.0. The van der Waals surface area contributed by atoms with Gasteiger partial charge in [0.15, 0.2) is 0 Å². The second-order valence-corrected chi connectivity index (χ2v) is 64.9. The molecule has 0 aromatic heterocycles. The number of hydrogen-bond donors (Lipinski definition) is 0. The standard InChI is InChI=1S/2C8H16O2.4C4H9.2Sn/c2*1-3-5-6-7(4-2)8(9)10;4*1-3-4-2;;/h2*7H,3-6H2,1-2H3,(H,9,10);4*1,3-4H2,2H3;;/q;;;;;;2*+1/p-2. The minimum absolute atomic E-state index is 0.000683. The van der Waals surface area contributed by atoms with Crippen LogP contribution < -0.4 is 0 Å². The van der Waals surface area contributed by atoms with Crippen LogP contribution in [0.4, 0.5) is 0 Å². The molecule has 6 heteroatoms. The molecule has 0 spiro atoms. The Hall–Kier alpha value is 0.537. The maximum atomic E-state index is 14.0. The molecule has 0 aromatic carbocycles. The molecule has 0 aromatic rings. The Morgan fingerprint density at radius 1 is 0.474 bits per heavy atom. The fraction of sp³-hybridized carbons (Fsp3) is 0.938. The van der Waals surface area contributed by atoms with Crippen molar-refractivity contribution >= 4 is 41.6 Å². The van der Waals surface area contributed by atoms with Gasteiger partial charge in [0.1, 0.15) is 0 Å². The first-order valence-electron chi connectivity index (χ1n) is 16.8. The first kappa shape index (κ1) is 38.5. The van der Waals surface area contributed by atoms with Gasteiger partial charge in [0, 0.05) is 0 Å². The summed E-state index contributed by atoms with van der Waals surface area (Å²) in [5, 5.41) is 0. The summed E-state index contributed by atoms with van der Waals surface area (Å²) in [6.45, 7) is 17.7. The third-order valence-corrected chi connectivity index (χ3v) is 84.8. The van der Waals surface area contributed by atoms with Crippen LogP contribution in [0.5, 0.6) is 0 Å². The number of rotatable bonds is 25. The van der Waals surface area contributed by atoms with Gasteiger partial charge in [-0.3, -0.25) is 0 Å². The van der Waals surface area contributed by atoms with Crippen LogP contribution in [0.25, 0.3) is 0 Å². The zero-order chi connectivity index (χ0) is 28.9. The third kappa shape index (κ3) is 13.0. The summed E-state index contributed by atoms with van der Waals surface area (Å²) in [6.07, 6.45) is 16.8. The monoisotopic (exact) mass is 754 g/mol. The molecule has 2 unspecified atom stereocenters. The van der Waals surface area contributed by atoms with Crippen LogP contribution in [0.15, 0.2) is 0 Å². The van der Waals surface area contributed by atoms with Crippen molar-refractivity contribution in [3.63, 3.8) is 0 Å². The van der Waals surface area contributed by atoms with Crippen molar-refractivity contribution in [2.75, 3.05) is 0 Å². The summed E-state index contributed by atoms with van der Waals surface area (Å²) in [5.41, 5.74) is 0. The van der Waals surface area contributed by atoms with Crippen molar-refractivity contribution in [3.8, 4) is 0 Å². The third-order valence-electron chi connectivity index (χ3n) is 8.62. The number of unbranched alkanes of at least 4 members (excludes halogenated alkanes) is 6. The molecule has 0 bridgehead atoms. The van der Waals surface area contributed by atoms with Crippen LogP contribution in [-0.4, -0.2) is 41.6 Å². The van der Waals surface area contributed by atoms with E-state index in [-0.39, 0.29) is 23.8 Å². The topological polar surface area (TPSA) is 52.6 Å². The molecule has 4 nitrogen and oxygen atoms in total. The summed E-state index contributed by atoms with van der Waals surface area (Å²) in [5.74, 6) is 0.151. The van der Waals surface area contributed by atoms with E-state index in [0.29, 0.717) is 0 Å². The van der Waals surface area contributed by atoms with Crippen LogP contribution in [0, 0.1) is 11.8 Å². The molecular weight excluding hydrogens is 686 g/mol. The van der Waals surface area contributed by atoms with Gasteiger partial charge in [0.05, 0.1) is 0 Å². The molecule has 0 heterocycles. The van der Waals surface area contributed by atoms with E-state index in [1.54, 1.807) is 0 Å². The normalized spacial score (nSPS) is 13.8. The van der Waals surface area contributed by atoms with Crippen molar-refractivity contribution < 1.29 is 15.7 Å². The van der Waals surface area contributed by atoms with E-state index in [1.807, 2.05) is 0 Å². The Labute approximate surface area is 243 Å². The fourth-order valence-corrected chi connectivity index (χ4v) is 87.8. The Morgan fingerprint density at radius 2 is 0.737 bits per heavy atom. The first-order valence-corrected chi connectivity index (χ1v) is 38.2. The molecule has 0 N–H and O–H groups in total. The molecule has 226 valence electrons.